The van der Waals surface area contributed by atoms with Crippen molar-refractivity contribution in [2.24, 2.45) is 0 Å². The zero-order chi connectivity index (χ0) is 19.5. The minimum atomic E-state index is 0.553. The fraction of sp³-hybridized carbons (Fsp3) is 0.167. The fourth-order valence-corrected chi connectivity index (χ4v) is 3.59. The number of nitrogens with one attached hydrogen (secondary N) is 2. The van der Waals surface area contributed by atoms with Crippen molar-refractivity contribution in [3.63, 3.8) is 0 Å². The summed E-state index contributed by atoms with van der Waals surface area (Å²) in [6.45, 7) is 2.41. The van der Waals surface area contributed by atoms with Crippen LogP contribution in [-0.4, -0.2) is 28.0 Å². The number of nitrogens with zero attached hydrogens (tertiary/aromatic N) is 2. The van der Waals surface area contributed by atoms with Crippen LogP contribution in [0.5, 0.6) is 5.75 Å². The molecule has 0 spiro atoms. The molecule has 0 saturated heterocycles. The van der Waals surface area contributed by atoms with Crippen molar-refractivity contribution in [3.05, 3.63) is 84.2 Å². The molecule has 5 rings (SSSR count). The lowest BCUT2D eigenvalue weighted by molar-refractivity contribution is 0.306. The SMILES string of the molecule is C1=C(c2nc(-c3ccc(OCc4ccccc4)cc3)nc3[nH]ccc23)CCNC1. The Kier molecular flexibility index (Phi) is 4.80. The Bertz CT molecular complexity index is 1150. The Morgan fingerprint density at radius 3 is 2.59 bits per heavy atom. The van der Waals surface area contributed by atoms with Gasteiger partial charge in [0.2, 0.25) is 0 Å². The first-order valence-corrected chi connectivity index (χ1v) is 9.89. The van der Waals surface area contributed by atoms with Gasteiger partial charge in [-0.2, -0.15) is 0 Å². The Morgan fingerprint density at radius 2 is 1.79 bits per heavy atom. The van der Waals surface area contributed by atoms with E-state index in [1.807, 2.05) is 48.7 Å². The van der Waals surface area contributed by atoms with Gasteiger partial charge >= 0.3 is 0 Å². The van der Waals surface area contributed by atoms with Gasteiger partial charge in [0.05, 0.1) is 5.69 Å². The lowest BCUT2D eigenvalue weighted by atomic mass is 10.0. The average molecular weight is 382 g/mol. The van der Waals surface area contributed by atoms with Gasteiger partial charge in [-0.1, -0.05) is 36.4 Å². The third kappa shape index (κ3) is 3.77. The van der Waals surface area contributed by atoms with Gasteiger partial charge in [-0.25, -0.2) is 9.97 Å². The van der Waals surface area contributed by atoms with Gasteiger partial charge < -0.3 is 15.0 Å². The number of fused-ring (bicyclic) bond motifs is 1. The van der Waals surface area contributed by atoms with Crippen LogP contribution in [0, 0.1) is 0 Å². The first-order valence-electron chi connectivity index (χ1n) is 9.89. The van der Waals surface area contributed by atoms with Gasteiger partial charge in [-0.15, -0.1) is 0 Å². The summed E-state index contributed by atoms with van der Waals surface area (Å²) in [5.41, 5.74) is 5.30. The van der Waals surface area contributed by atoms with Gasteiger partial charge in [0.25, 0.3) is 0 Å². The summed E-state index contributed by atoms with van der Waals surface area (Å²) in [4.78, 5) is 12.9. The predicted octanol–water partition coefficient (Wildman–Crippen LogP) is 4.58. The Hall–Kier alpha value is -3.44. The van der Waals surface area contributed by atoms with E-state index < -0.39 is 0 Å². The number of aromatic nitrogens is 3. The number of hydrogen-bond acceptors (Lipinski definition) is 4. The van der Waals surface area contributed by atoms with Crippen LogP contribution in [0.1, 0.15) is 17.7 Å². The van der Waals surface area contributed by atoms with Crippen LogP contribution in [0.25, 0.3) is 28.0 Å². The van der Waals surface area contributed by atoms with Crippen molar-refractivity contribution < 1.29 is 4.74 Å². The second-order valence-corrected chi connectivity index (χ2v) is 7.12. The molecule has 1 aliphatic rings. The van der Waals surface area contributed by atoms with Crippen LogP contribution < -0.4 is 10.1 Å². The van der Waals surface area contributed by atoms with E-state index in [0.717, 1.165) is 58.9 Å². The molecule has 5 nitrogen and oxygen atoms in total. The predicted molar refractivity (Wildman–Crippen MR) is 116 cm³/mol. The van der Waals surface area contributed by atoms with Gasteiger partial charge in [-0.3, -0.25) is 0 Å². The molecule has 2 aromatic carbocycles. The molecular weight excluding hydrogens is 360 g/mol. The first kappa shape index (κ1) is 17.6. The van der Waals surface area contributed by atoms with Crippen LogP contribution in [0.4, 0.5) is 0 Å². The van der Waals surface area contributed by atoms with E-state index in [4.69, 9.17) is 14.7 Å². The van der Waals surface area contributed by atoms with Crippen molar-refractivity contribution in [2.75, 3.05) is 13.1 Å². The van der Waals surface area contributed by atoms with E-state index in [0.29, 0.717) is 6.61 Å². The highest BCUT2D eigenvalue weighted by Crippen LogP contribution is 2.28. The lowest BCUT2D eigenvalue weighted by Crippen LogP contribution is -2.20. The molecule has 0 fully saturated rings. The van der Waals surface area contributed by atoms with E-state index in [-0.39, 0.29) is 0 Å². The highest BCUT2D eigenvalue weighted by atomic mass is 16.5. The number of hydrogen-bond donors (Lipinski definition) is 2. The summed E-state index contributed by atoms with van der Waals surface area (Å²) in [5.74, 6) is 1.56. The third-order valence-electron chi connectivity index (χ3n) is 5.14. The zero-order valence-electron chi connectivity index (χ0n) is 16.1. The molecule has 3 heterocycles. The van der Waals surface area contributed by atoms with Gasteiger partial charge in [0, 0.05) is 23.7 Å². The second-order valence-electron chi connectivity index (χ2n) is 7.12. The van der Waals surface area contributed by atoms with Crippen LogP contribution in [0.3, 0.4) is 0 Å². The van der Waals surface area contributed by atoms with E-state index in [9.17, 15) is 0 Å². The summed E-state index contributed by atoms with van der Waals surface area (Å²) in [6.07, 6.45) is 5.13. The molecule has 4 aromatic rings. The van der Waals surface area contributed by atoms with Crippen molar-refractivity contribution in [1.29, 1.82) is 0 Å². The Labute approximate surface area is 169 Å². The van der Waals surface area contributed by atoms with E-state index in [2.05, 4.69) is 34.6 Å². The standard InChI is InChI=1S/C24H22N4O/c1-2-4-17(5-3-1)16-29-20-8-6-19(7-9-20)23-27-22(18-10-13-25-14-11-18)21-12-15-26-24(21)28-23/h1-10,12,15,25H,11,13-14,16H2,(H,26,27,28). The van der Waals surface area contributed by atoms with Crippen molar-refractivity contribution in [1.82, 2.24) is 20.3 Å². The Balaban J connectivity index is 1.42. The highest BCUT2D eigenvalue weighted by molar-refractivity contribution is 5.89. The molecule has 5 heteroatoms. The minimum Gasteiger partial charge on any atom is -0.489 e. The van der Waals surface area contributed by atoms with Gasteiger partial charge in [0.1, 0.15) is 18.0 Å². The van der Waals surface area contributed by atoms with Gasteiger partial charge in [-0.05, 0) is 54.4 Å². The molecule has 0 saturated carbocycles. The first-order chi connectivity index (χ1) is 14.4. The maximum atomic E-state index is 5.90. The van der Waals surface area contributed by atoms with Crippen LogP contribution in [-0.2, 0) is 6.61 Å². The number of H-pyrrole nitrogens is 1. The third-order valence-corrected chi connectivity index (χ3v) is 5.14. The molecule has 0 amide bonds. The minimum absolute atomic E-state index is 0.553. The quantitative estimate of drug-likeness (QED) is 0.530. The van der Waals surface area contributed by atoms with E-state index >= 15 is 0 Å². The summed E-state index contributed by atoms with van der Waals surface area (Å²) < 4.78 is 5.90. The van der Waals surface area contributed by atoms with Crippen molar-refractivity contribution >= 4 is 16.6 Å². The lowest BCUT2D eigenvalue weighted by Gasteiger charge is -2.15. The smallest absolute Gasteiger partial charge is 0.162 e. The van der Waals surface area contributed by atoms with Crippen LogP contribution >= 0.6 is 0 Å². The molecule has 29 heavy (non-hydrogen) atoms. The van der Waals surface area contributed by atoms with Crippen LogP contribution in [0.15, 0.2) is 72.9 Å². The fourth-order valence-electron chi connectivity index (χ4n) is 3.59. The van der Waals surface area contributed by atoms with Crippen LogP contribution in [0.2, 0.25) is 0 Å². The van der Waals surface area contributed by atoms with Crippen molar-refractivity contribution in [3.8, 4) is 17.1 Å². The maximum Gasteiger partial charge on any atom is 0.162 e. The number of aromatic amines is 1. The topological polar surface area (TPSA) is 62.8 Å². The Morgan fingerprint density at radius 1 is 0.931 bits per heavy atom. The molecular formula is C24H22N4O. The molecule has 0 unspecified atom stereocenters. The normalized spacial score (nSPS) is 14.0. The second kappa shape index (κ2) is 7.89. The molecule has 2 aromatic heterocycles. The van der Waals surface area contributed by atoms with E-state index in [1.54, 1.807) is 0 Å². The number of benzene rings is 2. The molecule has 0 atom stereocenters. The molecule has 0 bridgehead atoms. The summed E-state index contributed by atoms with van der Waals surface area (Å²) in [5, 5.41) is 4.43. The van der Waals surface area contributed by atoms with E-state index in [1.165, 1.54) is 5.57 Å². The van der Waals surface area contributed by atoms with Crippen molar-refractivity contribution in [2.45, 2.75) is 13.0 Å². The molecule has 1 aliphatic heterocycles. The maximum absolute atomic E-state index is 5.90. The largest absolute Gasteiger partial charge is 0.489 e. The highest BCUT2D eigenvalue weighted by Gasteiger charge is 2.15. The molecule has 2 N–H and O–H groups in total. The van der Waals surface area contributed by atoms with Gasteiger partial charge in [0.15, 0.2) is 5.82 Å². The molecule has 0 radical (unpaired) electrons. The summed E-state index contributed by atoms with van der Waals surface area (Å²) in [7, 11) is 0. The number of ether oxygens (including phenoxy) is 1. The molecule has 0 aliphatic carbocycles. The monoisotopic (exact) mass is 382 g/mol. The number of rotatable bonds is 5. The summed E-state index contributed by atoms with van der Waals surface area (Å²) >= 11 is 0. The summed E-state index contributed by atoms with van der Waals surface area (Å²) in [6, 6.07) is 20.2. The zero-order valence-corrected chi connectivity index (χ0v) is 16.1. The molecule has 144 valence electrons. The average Bonchev–Trinajstić information content (AvgIpc) is 3.27.